The Morgan fingerprint density at radius 2 is 2.00 bits per heavy atom. The lowest BCUT2D eigenvalue weighted by Gasteiger charge is -2.04. The van der Waals surface area contributed by atoms with Gasteiger partial charge < -0.3 is 4.74 Å². The molecule has 2 nitrogen and oxygen atoms in total. The van der Waals surface area contributed by atoms with Crippen molar-refractivity contribution in [1.82, 2.24) is 0 Å². The second-order valence-corrected chi connectivity index (χ2v) is 3.02. The Morgan fingerprint density at radius 1 is 1.31 bits per heavy atom. The molecule has 0 unspecified atom stereocenters. The predicted octanol–water partition coefficient (Wildman–Crippen LogP) is 3.08. The lowest BCUT2D eigenvalue weighted by atomic mass is 10.1. The van der Waals surface area contributed by atoms with E-state index in [9.17, 15) is 4.79 Å². The molecule has 0 amide bonds. The zero-order valence-electron chi connectivity index (χ0n) is 8.93. The Kier molecular flexibility index (Phi) is 7.36. The summed E-state index contributed by atoms with van der Waals surface area (Å²) < 4.78 is 4.99. The molecule has 0 aliphatic carbocycles. The number of rotatable bonds is 6. The molecular formula is C11H20O2. The number of allylic oxidation sites excluding steroid dienone is 1. The number of hydrogen-bond donors (Lipinski definition) is 0. The highest BCUT2D eigenvalue weighted by atomic mass is 16.5. The summed E-state index contributed by atoms with van der Waals surface area (Å²) in [6.07, 6.45) is 5.39. The first kappa shape index (κ1) is 12.2. The summed E-state index contributed by atoms with van der Waals surface area (Å²) in [4.78, 5) is 11.2. The first-order valence-electron chi connectivity index (χ1n) is 5.08. The maximum absolute atomic E-state index is 11.2. The van der Waals surface area contributed by atoms with E-state index in [1.807, 2.05) is 6.92 Å². The van der Waals surface area contributed by atoms with Crippen molar-refractivity contribution in [2.45, 2.75) is 46.5 Å². The number of hydrogen-bond acceptors (Lipinski definition) is 2. The number of carbonyl (C=O) groups excluding carboxylic acids is 1. The van der Waals surface area contributed by atoms with Gasteiger partial charge in [-0.1, -0.05) is 32.4 Å². The summed E-state index contributed by atoms with van der Waals surface area (Å²) in [7, 11) is 0. The van der Waals surface area contributed by atoms with Gasteiger partial charge in [0, 0.05) is 0 Å². The van der Waals surface area contributed by atoms with Crippen LogP contribution < -0.4 is 0 Å². The van der Waals surface area contributed by atoms with E-state index in [1.54, 1.807) is 0 Å². The van der Waals surface area contributed by atoms with Crippen LogP contribution in [-0.2, 0) is 9.53 Å². The fourth-order valence-corrected chi connectivity index (χ4v) is 1.08. The summed E-state index contributed by atoms with van der Waals surface area (Å²) in [6.45, 7) is 6.68. The third-order valence-electron chi connectivity index (χ3n) is 1.79. The second-order valence-electron chi connectivity index (χ2n) is 3.02. The minimum atomic E-state index is -0.0941. The zero-order chi connectivity index (χ0) is 10.1. The molecule has 0 aromatic rings. The van der Waals surface area contributed by atoms with Gasteiger partial charge in [-0.25, -0.2) is 0 Å². The van der Waals surface area contributed by atoms with Crippen molar-refractivity contribution in [1.29, 1.82) is 0 Å². The molecular weight excluding hydrogens is 164 g/mol. The topological polar surface area (TPSA) is 26.3 Å². The lowest BCUT2D eigenvalue weighted by Crippen LogP contribution is -2.06. The van der Waals surface area contributed by atoms with Crippen molar-refractivity contribution in [3.8, 4) is 0 Å². The average Bonchev–Trinajstić information content (AvgIpc) is 2.14. The summed E-state index contributed by atoms with van der Waals surface area (Å²) in [5.74, 6) is -0.0941. The molecule has 0 aromatic carbocycles. The smallest absolute Gasteiger partial charge is 0.309 e. The number of esters is 1. The molecule has 0 rings (SSSR count). The Balaban J connectivity index is 3.80. The standard InChI is InChI=1S/C11H20O2/c1-4-7-10(6-3)9-11(12)13-8-5-2/h7H,4-6,8-9H2,1-3H3. The van der Waals surface area contributed by atoms with E-state index in [1.165, 1.54) is 5.57 Å². The van der Waals surface area contributed by atoms with Crippen molar-refractivity contribution in [2.24, 2.45) is 0 Å². The molecule has 0 saturated heterocycles. The second kappa shape index (κ2) is 7.84. The monoisotopic (exact) mass is 184 g/mol. The predicted molar refractivity (Wildman–Crippen MR) is 54.5 cm³/mol. The van der Waals surface area contributed by atoms with E-state index in [0.717, 1.165) is 19.3 Å². The number of carbonyl (C=O) groups is 1. The highest BCUT2D eigenvalue weighted by Gasteiger charge is 2.04. The third kappa shape index (κ3) is 6.38. The van der Waals surface area contributed by atoms with Crippen LogP contribution in [0.3, 0.4) is 0 Å². The van der Waals surface area contributed by atoms with E-state index in [4.69, 9.17) is 4.74 Å². The van der Waals surface area contributed by atoms with E-state index in [0.29, 0.717) is 13.0 Å². The molecule has 76 valence electrons. The van der Waals surface area contributed by atoms with Gasteiger partial charge in [0.15, 0.2) is 0 Å². The van der Waals surface area contributed by atoms with Crippen molar-refractivity contribution in [3.63, 3.8) is 0 Å². The number of ether oxygens (including phenoxy) is 1. The Hall–Kier alpha value is -0.790. The molecule has 0 N–H and O–H groups in total. The highest BCUT2D eigenvalue weighted by molar-refractivity contribution is 5.72. The fourth-order valence-electron chi connectivity index (χ4n) is 1.08. The molecule has 0 aliphatic heterocycles. The summed E-state index contributed by atoms with van der Waals surface area (Å²) in [6, 6.07) is 0. The molecule has 0 heterocycles. The summed E-state index contributed by atoms with van der Waals surface area (Å²) >= 11 is 0. The molecule has 0 aliphatic rings. The molecule has 0 radical (unpaired) electrons. The van der Waals surface area contributed by atoms with Gasteiger partial charge in [0.1, 0.15) is 0 Å². The van der Waals surface area contributed by atoms with E-state index < -0.39 is 0 Å². The van der Waals surface area contributed by atoms with Crippen molar-refractivity contribution >= 4 is 5.97 Å². The van der Waals surface area contributed by atoms with Crippen LogP contribution in [0.25, 0.3) is 0 Å². The van der Waals surface area contributed by atoms with E-state index in [-0.39, 0.29) is 5.97 Å². The SMILES string of the molecule is CCC=C(CC)CC(=O)OCCC. The molecule has 0 fully saturated rings. The molecule has 0 saturated carbocycles. The fraction of sp³-hybridized carbons (Fsp3) is 0.727. The largest absolute Gasteiger partial charge is 0.465 e. The van der Waals surface area contributed by atoms with Crippen LogP contribution in [0.1, 0.15) is 46.5 Å². The van der Waals surface area contributed by atoms with Crippen molar-refractivity contribution in [3.05, 3.63) is 11.6 Å². The van der Waals surface area contributed by atoms with Gasteiger partial charge >= 0.3 is 5.97 Å². The van der Waals surface area contributed by atoms with Crippen LogP contribution in [0.5, 0.6) is 0 Å². The maximum Gasteiger partial charge on any atom is 0.309 e. The van der Waals surface area contributed by atoms with Crippen LogP contribution in [-0.4, -0.2) is 12.6 Å². The average molecular weight is 184 g/mol. The summed E-state index contributed by atoms with van der Waals surface area (Å²) in [5.41, 5.74) is 1.18. The van der Waals surface area contributed by atoms with Gasteiger partial charge in [0.2, 0.25) is 0 Å². The maximum atomic E-state index is 11.2. The summed E-state index contributed by atoms with van der Waals surface area (Å²) in [5, 5.41) is 0. The minimum Gasteiger partial charge on any atom is -0.465 e. The van der Waals surface area contributed by atoms with Gasteiger partial charge in [-0.2, -0.15) is 0 Å². The van der Waals surface area contributed by atoms with Gasteiger partial charge in [-0.05, 0) is 19.3 Å². The lowest BCUT2D eigenvalue weighted by molar-refractivity contribution is -0.142. The van der Waals surface area contributed by atoms with Crippen LogP contribution in [0.2, 0.25) is 0 Å². The molecule has 0 spiro atoms. The van der Waals surface area contributed by atoms with Crippen LogP contribution in [0.15, 0.2) is 11.6 Å². The molecule has 0 aromatic heterocycles. The highest BCUT2D eigenvalue weighted by Crippen LogP contribution is 2.08. The normalized spacial score (nSPS) is 11.5. The minimum absolute atomic E-state index is 0.0941. The van der Waals surface area contributed by atoms with E-state index >= 15 is 0 Å². The van der Waals surface area contributed by atoms with Gasteiger partial charge in [-0.15, -0.1) is 0 Å². The van der Waals surface area contributed by atoms with Crippen LogP contribution in [0, 0.1) is 0 Å². The first-order valence-corrected chi connectivity index (χ1v) is 5.08. The zero-order valence-corrected chi connectivity index (χ0v) is 8.93. The van der Waals surface area contributed by atoms with Gasteiger partial charge in [0.05, 0.1) is 13.0 Å². The van der Waals surface area contributed by atoms with Crippen molar-refractivity contribution < 1.29 is 9.53 Å². The van der Waals surface area contributed by atoms with Crippen LogP contribution in [0.4, 0.5) is 0 Å². The molecule has 13 heavy (non-hydrogen) atoms. The van der Waals surface area contributed by atoms with Gasteiger partial charge in [-0.3, -0.25) is 4.79 Å². The molecule has 0 atom stereocenters. The van der Waals surface area contributed by atoms with Crippen molar-refractivity contribution in [2.75, 3.05) is 6.61 Å². The molecule has 2 heteroatoms. The third-order valence-corrected chi connectivity index (χ3v) is 1.79. The molecule has 0 bridgehead atoms. The quantitative estimate of drug-likeness (QED) is 0.468. The Bertz CT molecular complexity index is 171. The van der Waals surface area contributed by atoms with E-state index in [2.05, 4.69) is 19.9 Å². The Labute approximate surface area is 81.0 Å². The van der Waals surface area contributed by atoms with Crippen LogP contribution >= 0.6 is 0 Å². The Morgan fingerprint density at radius 3 is 2.46 bits per heavy atom. The first-order chi connectivity index (χ1) is 6.24. The van der Waals surface area contributed by atoms with Gasteiger partial charge in [0.25, 0.3) is 0 Å².